The Bertz CT molecular complexity index is 1040. The molecule has 4 rings (SSSR count). The molecule has 0 unspecified atom stereocenters. The van der Waals surface area contributed by atoms with Crippen LogP contribution in [0.4, 0.5) is 4.39 Å². The van der Waals surface area contributed by atoms with Crippen molar-refractivity contribution in [3.05, 3.63) is 77.9 Å². The van der Waals surface area contributed by atoms with Gasteiger partial charge in [-0.3, -0.25) is 0 Å². The van der Waals surface area contributed by atoms with Crippen LogP contribution in [0.1, 0.15) is 36.9 Å². The predicted molar refractivity (Wildman–Crippen MR) is 109 cm³/mol. The largest absolute Gasteiger partial charge is 0.334 e. The van der Waals surface area contributed by atoms with Crippen molar-refractivity contribution in [2.24, 2.45) is 17.6 Å². The molecule has 0 amide bonds. The number of hydrogen-bond acceptors (Lipinski definition) is 3. The molecule has 7 heteroatoms. The van der Waals surface area contributed by atoms with Crippen LogP contribution in [0.2, 0.25) is 0 Å². The van der Waals surface area contributed by atoms with Gasteiger partial charge in [0.15, 0.2) is 10.9 Å². The van der Waals surface area contributed by atoms with E-state index in [4.69, 9.17) is 13.4 Å². The van der Waals surface area contributed by atoms with E-state index in [1.807, 2.05) is 17.7 Å². The van der Waals surface area contributed by atoms with Gasteiger partial charge in [-0.05, 0) is 29.0 Å². The van der Waals surface area contributed by atoms with Crippen molar-refractivity contribution in [2.75, 3.05) is 0 Å². The molecule has 3 aromatic rings. The van der Waals surface area contributed by atoms with Crippen LogP contribution in [0.25, 0.3) is 11.4 Å². The molecule has 0 bridgehead atoms. The first-order valence-electron chi connectivity index (χ1n) is 8.95. The van der Waals surface area contributed by atoms with E-state index < -0.39 is 10.9 Å². The minimum absolute atomic E-state index is 0.189. The van der Waals surface area contributed by atoms with Crippen molar-refractivity contribution in [2.45, 2.75) is 25.7 Å². The first-order chi connectivity index (χ1) is 13.2. The number of nitrogens with two attached hydrogens (primary N) is 1. The molecular weight excluding hydrogens is 377 g/mol. The number of benzene rings is 2. The lowest BCUT2D eigenvalue weighted by Gasteiger charge is -2.01. The molecule has 2 aromatic carbocycles. The van der Waals surface area contributed by atoms with E-state index in [1.54, 1.807) is 12.1 Å². The quantitative estimate of drug-likeness (QED) is 0.658. The number of nitrogens with zero attached hydrogens (tertiary/aromatic N) is 2. The summed E-state index contributed by atoms with van der Waals surface area (Å²) >= 11 is 0. The number of aryl methyl sites for hydroxylation is 1. The molecule has 5 nitrogen and oxygen atoms in total. The average Bonchev–Trinajstić information content (AvgIpc) is 3.00. The third kappa shape index (κ3) is 4.15. The van der Waals surface area contributed by atoms with Gasteiger partial charge in [-0.25, -0.2) is 22.9 Å². The summed E-state index contributed by atoms with van der Waals surface area (Å²) in [6.07, 6.45) is 2.09. The highest BCUT2D eigenvalue weighted by Crippen LogP contribution is 2.69. The van der Waals surface area contributed by atoms with Gasteiger partial charge in [-0.1, -0.05) is 56.3 Å². The fraction of sp³-hybridized carbons (Fsp3) is 0.286. The summed E-state index contributed by atoms with van der Waals surface area (Å²) in [5.41, 5.74) is 3.47. The Kier molecular flexibility index (Phi) is 5.67. The molecule has 0 aliphatic heterocycles. The second-order valence-corrected chi connectivity index (χ2v) is 8.15. The van der Waals surface area contributed by atoms with Gasteiger partial charge in [-0.2, -0.15) is 0 Å². The molecule has 28 heavy (non-hydrogen) atoms. The molecule has 1 saturated carbocycles. The fourth-order valence-corrected chi connectivity index (χ4v) is 4.01. The second kappa shape index (κ2) is 7.85. The number of rotatable bonds is 3. The van der Waals surface area contributed by atoms with Crippen LogP contribution in [-0.2, 0) is 17.9 Å². The van der Waals surface area contributed by atoms with Gasteiger partial charge in [-0.15, -0.1) is 0 Å². The van der Waals surface area contributed by atoms with E-state index in [9.17, 15) is 4.39 Å². The zero-order valence-corrected chi connectivity index (χ0v) is 16.9. The maximum Gasteiger partial charge on any atom is 0.198 e. The van der Waals surface area contributed by atoms with E-state index in [1.165, 1.54) is 11.6 Å². The van der Waals surface area contributed by atoms with E-state index >= 15 is 0 Å². The van der Waals surface area contributed by atoms with Crippen molar-refractivity contribution in [1.82, 2.24) is 9.55 Å². The van der Waals surface area contributed by atoms with Crippen LogP contribution in [0, 0.1) is 11.2 Å². The van der Waals surface area contributed by atoms with E-state index in [-0.39, 0.29) is 11.2 Å². The lowest BCUT2D eigenvalue weighted by Crippen LogP contribution is -1.91. The van der Waals surface area contributed by atoms with Crippen LogP contribution in [-0.4, -0.2) is 18.0 Å². The zero-order chi connectivity index (χ0) is 20.5. The summed E-state index contributed by atoms with van der Waals surface area (Å²) in [7, 11) is -0.645. The van der Waals surface area contributed by atoms with Crippen LogP contribution in [0.5, 0.6) is 0 Å². The van der Waals surface area contributed by atoms with Crippen molar-refractivity contribution < 1.29 is 12.8 Å². The van der Waals surface area contributed by atoms with Gasteiger partial charge in [0.25, 0.3) is 0 Å². The molecule has 1 aromatic heterocycles. The lowest BCUT2D eigenvalue weighted by atomic mass is 10.0. The molecule has 2 N–H and O–H groups in total. The highest BCUT2D eigenvalue weighted by molar-refractivity contribution is 7.69. The standard InChI is InChI=1S/C21H21FN2.H3NO2S/c1-21(2)18(14-8-5-4-6-9-14)19(21)17-13-24(3)20(23-17)15-10-7-11-16(22)12-15;1-4(2)3/h4-13,18-19H,1-3H3;4H,(H2,1,2,3)/t18-,19-;/m0./s1. The van der Waals surface area contributed by atoms with Gasteiger partial charge in [0.1, 0.15) is 11.6 Å². The Balaban J connectivity index is 0.000000516. The van der Waals surface area contributed by atoms with Crippen LogP contribution in [0.3, 0.4) is 0 Å². The van der Waals surface area contributed by atoms with E-state index in [0.29, 0.717) is 11.8 Å². The van der Waals surface area contributed by atoms with Gasteiger partial charge < -0.3 is 4.57 Å². The van der Waals surface area contributed by atoms with Crippen molar-refractivity contribution in [3.8, 4) is 11.4 Å². The Morgan fingerprint density at radius 1 is 1.07 bits per heavy atom. The highest BCUT2D eigenvalue weighted by atomic mass is 32.2. The molecule has 1 aliphatic rings. The third-order valence-corrected chi connectivity index (χ3v) is 5.28. The first kappa shape index (κ1) is 20.2. The lowest BCUT2D eigenvalue weighted by molar-refractivity contribution is 0.598. The Morgan fingerprint density at radius 2 is 1.71 bits per heavy atom. The van der Waals surface area contributed by atoms with Gasteiger partial charge >= 0.3 is 0 Å². The normalized spacial score (nSPS) is 19.8. The fourth-order valence-electron chi connectivity index (χ4n) is 4.01. The van der Waals surface area contributed by atoms with Gasteiger partial charge in [0, 0.05) is 24.7 Å². The Labute approximate surface area is 166 Å². The summed E-state index contributed by atoms with van der Waals surface area (Å²) < 4.78 is 33.2. The second-order valence-electron chi connectivity index (χ2n) is 7.58. The monoisotopic (exact) mass is 401 g/mol. The molecule has 2 atom stereocenters. The molecule has 1 aliphatic carbocycles. The number of imidazole rings is 1. The van der Waals surface area contributed by atoms with E-state index in [0.717, 1.165) is 17.1 Å². The Hall–Kier alpha value is -2.51. The summed E-state index contributed by atoms with van der Waals surface area (Å²) in [4.78, 5) is 4.85. The number of thiol groups is 1. The molecule has 0 saturated heterocycles. The molecule has 0 spiro atoms. The Morgan fingerprint density at radius 3 is 2.32 bits per heavy atom. The van der Waals surface area contributed by atoms with Crippen LogP contribution in [0.15, 0.2) is 60.8 Å². The number of aromatic nitrogens is 2. The molecular formula is C21H24FN3O2S. The molecule has 1 fully saturated rings. The minimum atomic E-state index is -2.62. The van der Waals surface area contributed by atoms with Crippen LogP contribution < -0.4 is 5.14 Å². The summed E-state index contributed by atoms with van der Waals surface area (Å²) in [6, 6.07) is 17.3. The molecule has 0 radical (unpaired) electrons. The average molecular weight is 402 g/mol. The SMILES string of the molecule is Cn1cc([C@H]2[C@H](c3ccccc3)C2(C)C)nc1-c1cccc(F)c1.N[SH](=O)=O. The third-order valence-electron chi connectivity index (χ3n) is 5.28. The van der Waals surface area contributed by atoms with Gasteiger partial charge in [0.05, 0.1) is 5.69 Å². The number of halogens is 1. The summed E-state index contributed by atoms with van der Waals surface area (Å²) in [6.45, 7) is 4.59. The van der Waals surface area contributed by atoms with Crippen LogP contribution >= 0.6 is 0 Å². The smallest absolute Gasteiger partial charge is 0.198 e. The molecule has 1 heterocycles. The van der Waals surface area contributed by atoms with Crippen molar-refractivity contribution >= 4 is 10.9 Å². The van der Waals surface area contributed by atoms with Crippen molar-refractivity contribution in [1.29, 1.82) is 0 Å². The highest BCUT2D eigenvalue weighted by Gasteiger charge is 2.60. The molecule has 148 valence electrons. The number of hydrogen-bond donors (Lipinski definition) is 2. The minimum Gasteiger partial charge on any atom is -0.334 e. The zero-order valence-electron chi connectivity index (χ0n) is 16.0. The first-order valence-corrected chi connectivity index (χ1v) is 10.2. The topological polar surface area (TPSA) is 78.0 Å². The van der Waals surface area contributed by atoms with Crippen molar-refractivity contribution in [3.63, 3.8) is 0 Å². The van der Waals surface area contributed by atoms with E-state index in [2.05, 4.69) is 55.5 Å². The maximum atomic E-state index is 13.5. The van der Waals surface area contributed by atoms with Gasteiger partial charge in [0.2, 0.25) is 0 Å². The predicted octanol–water partition coefficient (Wildman–Crippen LogP) is 3.60. The summed E-state index contributed by atoms with van der Waals surface area (Å²) in [5.74, 6) is 1.47. The maximum absolute atomic E-state index is 13.5. The summed E-state index contributed by atoms with van der Waals surface area (Å²) in [5, 5.41) is 4.06.